The molecule has 0 aliphatic rings. The minimum absolute atomic E-state index is 0.318. The summed E-state index contributed by atoms with van der Waals surface area (Å²) in [5.74, 6) is 0.665. The molecule has 2 aromatic rings. The summed E-state index contributed by atoms with van der Waals surface area (Å²) in [6.07, 6.45) is 0. The predicted molar refractivity (Wildman–Crippen MR) is 62.4 cm³/mol. The zero-order valence-corrected chi connectivity index (χ0v) is 9.27. The van der Waals surface area contributed by atoms with E-state index in [0.29, 0.717) is 17.1 Å². The summed E-state index contributed by atoms with van der Waals surface area (Å²) >= 11 is 0. The summed E-state index contributed by atoms with van der Waals surface area (Å²) in [5, 5.41) is 8.98. The first-order chi connectivity index (χ1) is 8.19. The highest BCUT2D eigenvalue weighted by Gasteiger charge is 2.04. The standard InChI is InChI=1S/C14H10FNO/c1-10-2-7-14(11(8-10)9-16)17-13-5-3-12(15)4-6-13/h2-8H,1H3. The molecule has 0 heterocycles. The Morgan fingerprint density at radius 1 is 1.12 bits per heavy atom. The van der Waals surface area contributed by atoms with Crippen LogP contribution >= 0.6 is 0 Å². The van der Waals surface area contributed by atoms with Crippen LogP contribution in [0.25, 0.3) is 0 Å². The predicted octanol–water partition coefficient (Wildman–Crippen LogP) is 3.80. The monoisotopic (exact) mass is 227 g/mol. The highest BCUT2D eigenvalue weighted by Crippen LogP contribution is 2.25. The van der Waals surface area contributed by atoms with Gasteiger partial charge < -0.3 is 4.74 Å². The van der Waals surface area contributed by atoms with Crippen LogP contribution in [0.5, 0.6) is 11.5 Å². The number of aryl methyl sites for hydroxylation is 1. The van der Waals surface area contributed by atoms with Crippen molar-refractivity contribution in [1.82, 2.24) is 0 Å². The molecular formula is C14H10FNO. The van der Waals surface area contributed by atoms with E-state index < -0.39 is 0 Å². The van der Waals surface area contributed by atoms with Crippen molar-refractivity contribution in [3.63, 3.8) is 0 Å². The van der Waals surface area contributed by atoms with Gasteiger partial charge >= 0.3 is 0 Å². The summed E-state index contributed by atoms with van der Waals surface area (Å²) < 4.78 is 18.2. The Labute approximate surface area is 98.9 Å². The first kappa shape index (κ1) is 11.2. The van der Waals surface area contributed by atoms with E-state index in [9.17, 15) is 4.39 Å². The average Bonchev–Trinajstić information content (AvgIpc) is 2.34. The van der Waals surface area contributed by atoms with Gasteiger partial charge in [0.2, 0.25) is 0 Å². The lowest BCUT2D eigenvalue weighted by atomic mass is 10.1. The molecular weight excluding hydrogens is 217 g/mol. The molecule has 0 amide bonds. The van der Waals surface area contributed by atoms with E-state index in [1.54, 1.807) is 12.1 Å². The van der Waals surface area contributed by atoms with Crippen LogP contribution in [0, 0.1) is 24.1 Å². The van der Waals surface area contributed by atoms with Gasteiger partial charge in [-0.25, -0.2) is 4.39 Å². The minimum Gasteiger partial charge on any atom is -0.456 e. The molecule has 3 heteroatoms. The third-order valence-corrected chi connectivity index (χ3v) is 2.30. The molecule has 0 saturated heterocycles. The van der Waals surface area contributed by atoms with E-state index in [0.717, 1.165) is 5.56 Å². The van der Waals surface area contributed by atoms with Gasteiger partial charge in [0.05, 0.1) is 5.56 Å². The Morgan fingerprint density at radius 3 is 2.47 bits per heavy atom. The van der Waals surface area contributed by atoms with Crippen molar-refractivity contribution in [2.75, 3.05) is 0 Å². The summed E-state index contributed by atoms with van der Waals surface area (Å²) in [7, 11) is 0. The number of rotatable bonds is 2. The van der Waals surface area contributed by atoms with E-state index in [4.69, 9.17) is 10.00 Å². The van der Waals surface area contributed by atoms with Gasteiger partial charge in [0.25, 0.3) is 0 Å². The van der Waals surface area contributed by atoms with Crippen LogP contribution < -0.4 is 4.74 Å². The van der Waals surface area contributed by atoms with Crippen molar-refractivity contribution in [3.05, 3.63) is 59.4 Å². The van der Waals surface area contributed by atoms with Crippen LogP contribution in [0.3, 0.4) is 0 Å². The van der Waals surface area contributed by atoms with Crippen molar-refractivity contribution in [2.24, 2.45) is 0 Å². The van der Waals surface area contributed by atoms with Crippen LogP contribution in [-0.2, 0) is 0 Å². The zero-order chi connectivity index (χ0) is 12.3. The molecule has 2 rings (SSSR count). The average molecular weight is 227 g/mol. The lowest BCUT2D eigenvalue weighted by Crippen LogP contribution is -1.89. The second-order valence-corrected chi connectivity index (χ2v) is 3.67. The van der Waals surface area contributed by atoms with Gasteiger partial charge in [-0.2, -0.15) is 5.26 Å². The molecule has 0 radical (unpaired) electrons. The Morgan fingerprint density at radius 2 is 1.82 bits per heavy atom. The Kier molecular flexibility index (Phi) is 3.06. The van der Waals surface area contributed by atoms with Gasteiger partial charge in [0.1, 0.15) is 23.4 Å². The number of ether oxygens (including phenoxy) is 1. The summed E-state index contributed by atoms with van der Waals surface area (Å²) in [4.78, 5) is 0. The molecule has 0 aliphatic carbocycles. The molecule has 0 saturated carbocycles. The van der Waals surface area contributed by atoms with Gasteiger partial charge in [-0.05, 0) is 48.9 Å². The molecule has 17 heavy (non-hydrogen) atoms. The van der Waals surface area contributed by atoms with Crippen LogP contribution in [-0.4, -0.2) is 0 Å². The fourth-order valence-electron chi connectivity index (χ4n) is 1.45. The topological polar surface area (TPSA) is 33.0 Å². The maximum absolute atomic E-state index is 12.7. The van der Waals surface area contributed by atoms with Gasteiger partial charge in [0.15, 0.2) is 0 Å². The molecule has 2 nitrogen and oxygen atoms in total. The second-order valence-electron chi connectivity index (χ2n) is 3.67. The fourth-order valence-corrected chi connectivity index (χ4v) is 1.45. The molecule has 0 spiro atoms. The molecule has 0 aromatic heterocycles. The lowest BCUT2D eigenvalue weighted by Gasteiger charge is -2.07. The summed E-state index contributed by atoms with van der Waals surface area (Å²) in [6.45, 7) is 1.91. The Hall–Kier alpha value is -2.34. The number of benzene rings is 2. The first-order valence-corrected chi connectivity index (χ1v) is 5.13. The summed E-state index contributed by atoms with van der Waals surface area (Å²) in [6, 6.07) is 13.1. The van der Waals surface area contributed by atoms with Crippen LogP contribution in [0.15, 0.2) is 42.5 Å². The normalized spacial score (nSPS) is 9.71. The fraction of sp³-hybridized carbons (Fsp3) is 0.0714. The molecule has 0 aliphatic heterocycles. The van der Waals surface area contributed by atoms with Gasteiger partial charge in [-0.15, -0.1) is 0 Å². The minimum atomic E-state index is -0.318. The molecule has 0 fully saturated rings. The third kappa shape index (κ3) is 2.61. The van der Waals surface area contributed by atoms with Crippen LogP contribution in [0.4, 0.5) is 4.39 Å². The van der Waals surface area contributed by atoms with Crippen LogP contribution in [0.1, 0.15) is 11.1 Å². The number of halogens is 1. The highest BCUT2D eigenvalue weighted by molar-refractivity contribution is 5.47. The van der Waals surface area contributed by atoms with E-state index in [2.05, 4.69) is 6.07 Å². The number of hydrogen-bond acceptors (Lipinski definition) is 2. The quantitative estimate of drug-likeness (QED) is 0.781. The maximum atomic E-state index is 12.7. The van der Waals surface area contributed by atoms with Gasteiger partial charge in [-0.1, -0.05) is 6.07 Å². The van der Waals surface area contributed by atoms with E-state index >= 15 is 0 Å². The molecule has 0 N–H and O–H groups in total. The molecule has 0 atom stereocenters. The van der Waals surface area contributed by atoms with Crippen molar-refractivity contribution in [2.45, 2.75) is 6.92 Å². The highest BCUT2D eigenvalue weighted by atomic mass is 19.1. The van der Waals surface area contributed by atoms with Gasteiger partial charge in [-0.3, -0.25) is 0 Å². The Bertz CT molecular complexity index is 570. The van der Waals surface area contributed by atoms with Crippen molar-refractivity contribution in [3.8, 4) is 17.6 Å². The van der Waals surface area contributed by atoms with Crippen LogP contribution in [0.2, 0.25) is 0 Å². The molecule has 0 unspecified atom stereocenters. The van der Waals surface area contributed by atoms with Crippen molar-refractivity contribution < 1.29 is 9.13 Å². The second kappa shape index (κ2) is 4.67. The largest absolute Gasteiger partial charge is 0.456 e. The third-order valence-electron chi connectivity index (χ3n) is 2.30. The summed E-state index contributed by atoms with van der Waals surface area (Å²) in [5.41, 5.74) is 1.46. The molecule has 0 bridgehead atoms. The maximum Gasteiger partial charge on any atom is 0.145 e. The molecule has 2 aromatic carbocycles. The smallest absolute Gasteiger partial charge is 0.145 e. The molecule has 84 valence electrons. The van der Waals surface area contributed by atoms with E-state index in [-0.39, 0.29) is 5.82 Å². The number of nitrogens with zero attached hydrogens (tertiary/aromatic N) is 1. The van der Waals surface area contributed by atoms with Crippen molar-refractivity contribution in [1.29, 1.82) is 5.26 Å². The number of hydrogen-bond donors (Lipinski definition) is 0. The SMILES string of the molecule is Cc1ccc(Oc2ccc(F)cc2)c(C#N)c1. The first-order valence-electron chi connectivity index (χ1n) is 5.13. The van der Waals surface area contributed by atoms with Crippen molar-refractivity contribution >= 4 is 0 Å². The lowest BCUT2D eigenvalue weighted by molar-refractivity contribution is 0.479. The number of nitriles is 1. The van der Waals surface area contributed by atoms with E-state index in [1.807, 2.05) is 13.0 Å². The van der Waals surface area contributed by atoms with Gasteiger partial charge in [0, 0.05) is 0 Å². The zero-order valence-electron chi connectivity index (χ0n) is 9.27. The van der Waals surface area contributed by atoms with E-state index in [1.165, 1.54) is 24.3 Å². The Balaban J connectivity index is 2.30.